The van der Waals surface area contributed by atoms with E-state index in [-0.39, 0.29) is 21.6 Å². The highest BCUT2D eigenvalue weighted by molar-refractivity contribution is 7.97. The van der Waals surface area contributed by atoms with E-state index in [1.807, 2.05) is 24.3 Å². The third kappa shape index (κ3) is 3.30. The maximum absolute atomic E-state index is 12.1. The fourth-order valence-corrected chi connectivity index (χ4v) is 3.78. The summed E-state index contributed by atoms with van der Waals surface area (Å²) in [6.45, 7) is 0. The van der Waals surface area contributed by atoms with Crippen LogP contribution in [0.4, 0.5) is 0 Å². The number of carbonyl (C=O) groups excluding carboxylic acids is 2. The molecule has 0 saturated heterocycles. The Bertz CT molecular complexity index is 1030. The highest BCUT2D eigenvalue weighted by Crippen LogP contribution is 2.27. The predicted octanol–water partition coefficient (Wildman–Crippen LogP) is 5.17. The second-order valence-electron chi connectivity index (χ2n) is 5.77. The number of rotatable bonds is 2. The number of Topliss-reactive ketones (excluding diaryl/α,β-unsaturated/α-hetero) is 2. The van der Waals surface area contributed by atoms with Gasteiger partial charge >= 0.3 is 0 Å². The Kier molecular flexibility index (Phi) is 4.83. The van der Waals surface area contributed by atoms with Gasteiger partial charge < -0.3 is 0 Å². The van der Waals surface area contributed by atoms with E-state index in [2.05, 4.69) is 8.80 Å². The second kappa shape index (κ2) is 7.27. The van der Waals surface area contributed by atoms with Crippen molar-refractivity contribution in [2.75, 3.05) is 0 Å². The molecule has 0 amide bonds. The van der Waals surface area contributed by atoms with Gasteiger partial charge in [-0.25, -0.2) is 0 Å². The fraction of sp³-hybridized carbons (Fsp3) is 0. The van der Waals surface area contributed by atoms with Gasteiger partial charge in [0.25, 0.3) is 0 Å². The Morgan fingerprint density at radius 3 is 1.41 bits per heavy atom. The predicted molar refractivity (Wildman–Crippen MR) is 110 cm³/mol. The smallest absolute Gasteiger partial charge is 0.205 e. The van der Waals surface area contributed by atoms with Crippen molar-refractivity contribution in [1.29, 1.82) is 0 Å². The average Bonchev–Trinajstić information content (AvgIpc) is 2.69. The normalized spacial score (nSPS) is 18.9. The van der Waals surface area contributed by atoms with Gasteiger partial charge in [0.15, 0.2) is 0 Å². The third-order valence-corrected chi connectivity index (χ3v) is 5.25. The van der Waals surface area contributed by atoms with Gasteiger partial charge in [-0.2, -0.15) is 8.80 Å². The van der Waals surface area contributed by atoms with Crippen LogP contribution < -0.4 is 0 Å². The molecule has 4 nitrogen and oxygen atoms in total. The van der Waals surface area contributed by atoms with Crippen molar-refractivity contribution >= 4 is 58.3 Å². The molecule has 2 aromatic rings. The molecular formula is C20H10Cl2N2O2S. The van der Waals surface area contributed by atoms with Gasteiger partial charge in [-0.15, -0.1) is 0 Å². The topological polar surface area (TPSA) is 58.9 Å². The zero-order valence-electron chi connectivity index (χ0n) is 13.6. The number of ketones is 2. The van der Waals surface area contributed by atoms with E-state index in [0.717, 1.165) is 12.1 Å². The third-order valence-electron chi connectivity index (χ3n) is 4.13. The molecule has 2 aromatic carbocycles. The monoisotopic (exact) mass is 412 g/mol. The lowest BCUT2D eigenvalue weighted by Gasteiger charge is -2.14. The molecule has 0 N–H and O–H groups in total. The van der Waals surface area contributed by atoms with Gasteiger partial charge in [0, 0.05) is 22.3 Å². The Morgan fingerprint density at radius 2 is 1.00 bits per heavy atom. The largest absolute Gasteiger partial charge is 0.288 e. The number of hydrogen-bond donors (Lipinski definition) is 0. The Balaban J connectivity index is 1.70. The Hall–Kier alpha value is -2.47. The van der Waals surface area contributed by atoms with E-state index in [0.29, 0.717) is 33.7 Å². The van der Waals surface area contributed by atoms with Crippen LogP contribution in [0.1, 0.15) is 31.8 Å². The lowest BCUT2D eigenvalue weighted by molar-refractivity contribution is 0.103. The Morgan fingerprint density at radius 1 is 0.630 bits per heavy atom. The van der Waals surface area contributed by atoms with Crippen molar-refractivity contribution < 1.29 is 9.59 Å². The maximum atomic E-state index is 12.1. The summed E-state index contributed by atoms with van der Waals surface area (Å²) in [4.78, 5) is 24.3. The number of carbonyl (C=O) groups is 2. The van der Waals surface area contributed by atoms with Crippen LogP contribution >= 0.6 is 35.3 Å². The number of benzene rings is 2. The molecule has 132 valence electrons. The van der Waals surface area contributed by atoms with Gasteiger partial charge in [-0.1, -0.05) is 71.7 Å². The van der Waals surface area contributed by atoms with Crippen LogP contribution in [-0.2, 0) is 0 Å². The first-order valence-corrected chi connectivity index (χ1v) is 9.39. The molecule has 2 aliphatic rings. The molecule has 0 fully saturated rings. The molecule has 7 heteroatoms. The minimum Gasteiger partial charge on any atom is -0.288 e. The van der Waals surface area contributed by atoms with E-state index in [9.17, 15) is 9.59 Å². The van der Waals surface area contributed by atoms with Crippen LogP contribution in [-0.4, -0.2) is 23.0 Å². The minimum atomic E-state index is -0.225. The summed E-state index contributed by atoms with van der Waals surface area (Å²) in [5.74, 6) is -0.450. The van der Waals surface area contributed by atoms with Gasteiger partial charge in [0.1, 0.15) is 12.1 Å². The van der Waals surface area contributed by atoms with E-state index in [4.69, 9.17) is 23.2 Å². The summed E-state index contributed by atoms with van der Waals surface area (Å²) in [6, 6.07) is 14.3. The summed E-state index contributed by atoms with van der Waals surface area (Å²) in [6.07, 6.45) is 3.06. The van der Waals surface area contributed by atoms with Crippen molar-refractivity contribution in [1.82, 2.24) is 0 Å². The van der Waals surface area contributed by atoms with Crippen LogP contribution in [0, 0.1) is 0 Å². The highest BCUT2D eigenvalue weighted by atomic mass is 35.5. The zero-order chi connectivity index (χ0) is 19.0. The number of nitrogens with zero attached hydrogens (tertiary/aromatic N) is 2. The molecule has 0 heterocycles. The van der Waals surface area contributed by atoms with Gasteiger partial charge in [-0.3, -0.25) is 9.59 Å². The molecule has 4 rings (SSSR count). The van der Waals surface area contributed by atoms with E-state index < -0.39 is 0 Å². The van der Waals surface area contributed by atoms with Crippen molar-refractivity contribution in [3.63, 3.8) is 0 Å². The molecule has 0 radical (unpaired) electrons. The van der Waals surface area contributed by atoms with Gasteiger partial charge in [0.05, 0.1) is 21.5 Å². The lowest BCUT2D eigenvalue weighted by atomic mass is 9.94. The fourth-order valence-electron chi connectivity index (χ4n) is 2.85. The first kappa shape index (κ1) is 17.9. The van der Waals surface area contributed by atoms with Crippen LogP contribution in [0.3, 0.4) is 0 Å². The Labute approximate surface area is 169 Å². The second-order valence-corrected chi connectivity index (χ2v) is 7.11. The van der Waals surface area contributed by atoms with Crippen LogP contribution in [0.2, 0.25) is 0 Å². The molecule has 0 unspecified atom stereocenters. The van der Waals surface area contributed by atoms with Gasteiger partial charge in [0.2, 0.25) is 11.6 Å². The summed E-state index contributed by atoms with van der Waals surface area (Å²) >= 11 is 13.0. The molecule has 0 saturated carbocycles. The molecule has 2 aliphatic carbocycles. The number of hydrogen-bond acceptors (Lipinski definition) is 5. The quantitative estimate of drug-likeness (QED) is 0.639. The van der Waals surface area contributed by atoms with Crippen LogP contribution in [0.5, 0.6) is 0 Å². The van der Waals surface area contributed by atoms with Crippen LogP contribution in [0.25, 0.3) is 0 Å². The van der Waals surface area contributed by atoms with Crippen molar-refractivity contribution in [2.45, 2.75) is 0 Å². The minimum absolute atomic E-state index is 0.109. The standard InChI is InChI=1S/C20H10Cl2N2O2S/c21-15-9-17(11-5-1-3-7-13(11)19(15)25)23-27-24-18-10-16(22)20(26)14-8-4-2-6-12(14)18/h1-10H/b23-17-,24-18+. The first-order valence-electron chi connectivity index (χ1n) is 7.91. The number of allylic oxidation sites excluding steroid dienone is 4. The van der Waals surface area contributed by atoms with E-state index in [1.54, 1.807) is 24.3 Å². The summed E-state index contributed by atoms with van der Waals surface area (Å²) in [5, 5.41) is 0.217. The molecule has 0 aliphatic heterocycles. The number of fused-ring (bicyclic) bond motifs is 2. The molecule has 0 bridgehead atoms. The highest BCUT2D eigenvalue weighted by Gasteiger charge is 2.24. The maximum Gasteiger partial charge on any atom is 0.205 e. The number of halogens is 2. The SMILES string of the molecule is O=C1C(Cl)=C/C(=N/S/N=C2\C=C(Cl)C(=O)c3ccccc32)c2ccccc21. The lowest BCUT2D eigenvalue weighted by Crippen LogP contribution is -2.15. The molecule has 0 spiro atoms. The van der Waals surface area contributed by atoms with E-state index >= 15 is 0 Å². The van der Waals surface area contributed by atoms with Crippen LogP contribution in [0.15, 0.2) is 79.5 Å². The average molecular weight is 413 g/mol. The molecular weight excluding hydrogens is 403 g/mol. The van der Waals surface area contributed by atoms with Crippen molar-refractivity contribution in [3.05, 3.63) is 93.0 Å². The van der Waals surface area contributed by atoms with Gasteiger partial charge in [-0.05, 0) is 12.2 Å². The first-order chi connectivity index (χ1) is 13.1. The summed E-state index contributed by atoms with van der Waals surface area (Å²) in [7, 11) is 0. The van der Waals surface area contributed by atoms with Crippen molar-refractivity contribution in [2.24, 2.45) is 8.80 Å². The van der Waals surface area contributed by atoms with E-state index in [1.165, 1.54) is 12.2 Å². The summed E-state index contributed by atoms with van der Waals surface area (Å²) in [5.41, 5.74) is 3.53. The van der Waals surface area contributed by atoms with Crippen molar-refractivity contribution in [3.8, 4) is 0 Å². The summed E-state index contributed by atoms with van der Waals surface area (Å²) < 4.78 is 8.79. The zero-order valence-corrected chi connectivity index (χ0v) is 16.0. The molecule has 0 aromatic heterocycles. The molecule has 27 heavy (non-hydrogen) atoms. The molecule has 0 atom stereocenters.